The second-order valence-corrected chi connectivity index (χ2v) is 4.46. The van der Waals surface area contributed by atoms with Gasteiger partial charge in [-0.1, -0.05) is 12.1 Å². The van der Waals surface area contributed by atoms with E-state index in [1.807, 2.05) is 0 Å². The lowest BCUT2D eigenvalue weighted by atomic mass is 9.93. The highest BCUT2D eigenvalue weighted by Crippen LogP contribution is 2.41. The Morgan fingerprint density at radius 2 is 1.05 bits per heavy atom. The average molecular weight is 300 g/mol. The van der Waals surface area contributed by atoms with Crippen LogP contribution in [0.4, 0.5) is 11.4 Å². The van der Waals surface area contributed by atoms with E-state index in [9.17, 15) is 20.2 Å². The number of hydrogen-bond acceptors (Lipinski definition) is 4. The first-order chi connectivity index (χ1) is 13.9. The third-order valence-corrected chi connectivity index (χ3v) is 3.33. The maximum absolute atomic E-state index is 11.6. The van der Waals surface area contributed by atoms with Crippen LogP contribution in [0.5, 0.6) is 0 Å². The SMILES string of the molecule is [2H]c1c([2H])c2c([2H])c([2H])c3c([2H])c([2H])c([N+](=O)[O-])c4c([2H])c([2H])c(c1[N+](=O)[O-])c2c34. The van der Waals surface area contributed by atoms with E-state index >= 15 is 0 Å². The van der Waals surface area contributed by atoms with Gasteiger partial charge in [-0.05, 0) is 34.9 Å². The molecule has 4 aromatic rings. The quantitative estimate of drug-likeness (QED) is 0.312. The van der Waals surface area contributed by atoms with E-state index in [0.29, 0.717) is 0 Å². The molecule has 106 valence electrons. The molecule has 6 nitrogen and oxygen atoms in total. The van der Waals surface area contributed by atoms with Crippen LogP contribution in [-0.4, -0.2) is 9.85 Å². The molecule has 0 bridgehead atoms. The summed E-state index contributed by atoms with van der Waals surface area (Å²) in [6, 6.07) is -6.42. The fourth-order valence-electron chi connectivity index (χ4n) is 2.43. The van der Waals surface area contributed by atoms with Crippen molar-refractivity contribution < 1.29 is 20.8 Å². The second kappa shape index (κ2) is 4.11. The summed E-state index contributed by atoms with van der Waals surface area (Å²) in [4.78, 5) is 21.2. The summed E-state index contributed by atoms with van der Waals surface area (Å²) in [7, 11) is 0. The fraction of sp³-hybridized carbons (Fsp3) is 0. The molecule has 0 heterocycles. The van der Waals surface area contributed by atoms with Gasteiger partial charge in [0, 0.05) is 22.9 Å². The third-order valence-electron chi connectivity index (χ3n) is 3.33. The van der Waals surface area contributed by atoms with Gasteiger partial charge in [-0.15, -0.1) is 0 Å². The Morgan fingerprint density at radius 1 is 0.682 bits per heavy atom. The molecule has 0 N–H and O–H groups in total. The Hall–Kier alpha value is -3.28. The fourth-order valence-corrected chi connectivity index (χ4v) is 2.43. The van der Waals surface area contributed by atoms with Crippen molar-refractivity contribution in [1.82, 2.24) is 0 Å². The normalized spacial score (nSPS) is 16.5. The van der Waals surface area contributed by atoms with Crippen molar-refractivity contribution in [2.24, 2.45) is 0 Å². The Kier molecular flexibility index (Phi) is 1.24. The molecule has 0 saturated carbocycles. The Morgan fingerprint density at radius 3 is 1.41 bits per heavy atom. The van der Waals surface area contributed by atoms with E-state index in [-0.39, 0.29) is 10.8 Å². The van der Waals surface area contributed by atoms with Gasteiger partial charge in [0.15, 0.2) is 0 Å². The molecule has 22 heavy (non-hydrogen) atoms. The van der Waals surface area contributed by atoms with E-state index in [0.717, 1.165) is 0 Å². The van der Waals surface area contributed by atoms with Crippen LogP contribution < -0.4 is 0 Å². The number of rotatable bonds is 2. The van der Waals surface area contributed by atoms with Crippen molar-refractivity contribution in [3.63, 3.8) is 0 Å². The predicted molar refractivity (Wildman–Crippen MR) is 83.5 cm³/mol. The molecule has 0 aliphatic heterocycles. The molecule has 0 spiro atoms. The number of nitrogens with zero attached hydrogens (tertiary/aromatic N) is 2. The van der Waals surface area contributed by atoms with Crippen LogP contribution in [-0.2, 0) is 0 Å². The van der Waals surface area contributed by atoms with Crippen molar-refractivity contribution in [2.45, 2.75) is 0 Å². The molecule has 4 aromatic carbocycles. The van der Waals surface area contributed by atoms with Gasteiger partial charge in [0.1, 0.15) is 0 Å². The number of benzene rings is 4. The van der Waals surface area contributed by atoms with Crippen molar-refractivity contribution >= 4 is 43.7 Å². The van der Waals surface area contributed by atoms with E-state index in [2.05, 4.69) is 0 Å². The molecule has 0 fully saturated rings. The largest absolute Gasteiger partial charge is 0.277 e. The predicted octanol–water partition coefficient (Wildman–Crippen LogP) is 4.40. The van der Waals surface area contributed by atoms with Crippen LogP contribution in [0.3, 0.4) is 0 Å². The molecule has 0 aliphatic carbocycles. The Labute approximate surface area is 134 Å². The smallest absolute Gasteiger partial charge is 0.258 e. The molecule has 0 atom stereocenters. The van der Waals surface area contributed by atoms with Crippen LogP contribution in [0.1, 0.15) is 11.0 Å². The van der Waals surface area contributed by atoms with Gasteiger partial charge < -0.3 is 0 Å². The van der Waals surface area contributed by atoms with E-state index in [1.54, 1.807) is 0 Å². The molecule has 0 radical (unpaired) electrons. The molecule has 6 heteroatoms. The molecular formula is C16H8N2O4. The minimum absolute atomic E-state index is 0.341. The van der Waals surface area contributed by atoms with Gasteiger partial charge in [0.2, 0.25) is 0 Å². The Balaban J connectivity index is 2.63. The lowest BCUT2D eigenvalue weighted by Gasteiger charge is -2.10. The van der Waals surface area contributed by atoms with Gasteiger partial charge in [0.25, 0.3) is 11.4 Å². The van der Waals surface area contributed by atoms with E-state index in [4.69, 9.17) is 11.0 Å². The zero-order valence-corrected chi connectivity index (χ0v) is 10.5. The first-order valence-corrected chi connectivity index (χ1v) is 5.93. The summed E-state index contributed by atoms with van der Waals surface area (Å²) < 4.78 is 65.2. The Bertz CT molecular complexity index is 1380. The summed E-state index contributed by atoms with van der Waals surface area (Å²) >= 11 is 0. The third kappa shape index (κ3) is 1.49. The minimum Gasteiger partial charge on any atom is -0.258 e. The number of nitro benzene ring substituents is 2. The summed E-state index contributed by atoms with van der Waals surface area (Å²) in [6.07, 6.45) is 0. The highest BCUT2D eigenvalue weighted by atomic mass is 16.6. The van der Waals surface area contributed by atoms with Gasteiger partial charge in [-0.25, -0.2) is 0 Å². The zero-order chi connectivity index (χ0) is 22.4. The lowest BCUT2D eigenvalue weighted by molar-refractivity contribution is -0.383. The molecule has 0 aliphatic rings. The average Bonchev–Trinajstić information content (AvgIpc) is 2.66. The van der Waals surface area contributed by atoms with Crippen LogP contribution in [0.2, 0.25) is 0 Å². The first-order valence-electron chi connectivity index (χ1n) is 9.93. The second-order valence-electron chi connectivity index (χ2n) is 4.46. The summed E-state index contributed by atoms with van der Waals surface area (Å²) in [5.41, 5.74) is -1.95. The lowest BCUT2D eigenvalue weighted by Crippen LogP contribution is -1.94. The highest BCUT2D eigenvalue weighted by molar-refractivity contribution is 6.26. The van der Waals surface area contributed by atoms with Crippen molar-refractivity contribution in [3.8, 4) is 0 Å². The summed E-state index contributed by atoms with van der Waals surface area (Å²) in [5.74, 6) is 0. The molecule has 0 amide bonds. The summed E-state index contributed by atoms with van der Waals surface area (Å²) in [6.45, 7) is 0. The van der Waals surface area contributed by atoms with Gasteiger partial charge in [0.05, 0.1) is 31.6 Å². The van der Waals surface area contributed by atoms with Crippen molar-refractivity contribution in [1.29, 1.82) is 0 Å². The van der Waals surface area contributed by atoms with E-state index < -0.39 is 91.1 Å². The molecular weight excluding hydrogens is 284 g/mol. The standard InChI is InChI=1S/C16H8N2O4/c19-17(20)13-7-3-9-1-2-10-4-8-14(18(21)22)12-6-5-11(13)15(9)16(10)12/h1-8H/i1D,2D,3D,4D,5D,6D,7D,8D. The topological polar surface area (TPSA) is 86.3 Å². The van der Waals surface area contributed by atoms with Crippen molar-refractivity contribution in [3.05, 3.63) is 68.6 Å². The van der Waals surface area contributed by atoms with E-state index in [1.165, 1.54) is 0 Å². The van der Waals surface area contributed by atoms with Crippen LogP contribution >= 0.6 is 0 Å². The summed E-state index contributed by atoms with van der Waals surface area (Å²) in [5, 5.41) is 20.6. The molecule has 0 unspecified atom stereocenters. The van der Waals surface area contributed by atoms with Gasteiger partial charge in [-0.3, -0.25) is 20.2 Å². The molecule has 0 aromatic heterocycles. The van der Waals surface area contributed by atoms with Crippen LogP contribution in [0, 0.1) is 20.2 Å². The van der Waals surface area contributed by atoms with Crippen LogP contribution in [0.15, 0.2) is 48.3 Å². The zero-order valence-electron chi connectivity index (χ0n) is 18.5. The number of nitro groups is 2. The first kappa shape index (κ1) is 6.65. The van der Waals surface area contributed by atoms with Crippen LogP contribution in [0.25, 0.3) is 32.3 Å². The van der Waals surface area contributed by atoms with Gasteiger partial charge in [-0.2, -0.15) is 0 Å². The maximum Gasteiger partial charge on any atom is 0.277 e. The maximum atomic E-state index is 11.6. The van der Waals surface area contributed by atoms with Gasteiger partial charge >= 0.3 is 0 Å². The van der Waals surface area contributed by atoms with Crippen molar-refractivity contribution in [2.75, 3.05) is 0 Å². The monoisotopic (exact) mass is 300 g/mol. The minimum atomic E-state index is -1.01. The molecule has 4 rings (SSSR count). The number of hydrogen-bond donors (Lipinski definition) is 0. The highest BCUT2D eigenvalue weighted by Gasteiger charge is 2.20. The molecule has 0 saturated heterocycles.